The Morgan fingerprint density at radius 1 is 0.921 bits per heavy atom. The summed E-state index contributed by atoms with van der Waals surface area (Å²) >= 11 is 0. The van der Waals surface area contributed by atoms with Crippen LogP contribution in [0.2, 0.25) is 0 Å². The molecule has 5 amide bonds. The molecule has 0 spiro atoms. The Morgan fingerprint density at radius 2 is 1.70 bits per heavy atom. The molecule has 1 unspecified atom stereocenters. The summed E-state index contributed by atoms with van der Waals surface area (Å²) < 4.78 is 5.75. The van der Waals surface area contributed by atoms with E-state index in [4.69, 9.17) is 9.72 Å². The van der Waals surface area contributed by atoms with Crippen LogP contribution >= 0.6 is 0 Å². The fourth-order valence-corrected chi connectivity index (χ4v) is 10.9. The summed E-state index contributed by atoms with van der Waals surface area (Å²) in [5.41, 5.74) is 4.36. The maximum Gasteiger partial charge on any atom is 0.255 e. The summed E-state index contributed by atoms with van der Waals surface area (Å²) in [5, 5.41) is 12.6. The molecule has 6 aliphatic rings. The molecule has 63 heavy (non-hydrogen) atoms. The van der Waals surface area contributed by atoms with Crippen LogP contribution in [0.15, 0.2) is 42.6 Å². The SMILES string of the molecule is CC[C@@H]1C(=O)N(C)c2cnc(Nc3ccc(C(=O)NC4CCC(N5CCC(CNc6cccc7c6CN(C6CCC(=O)NC6=O)C7=O)CC5)CC4)cc3OC)nc2N1C1CCCC1. The highest BCUT2D eigenvalue weighted by atomic mass is 16.5. The number of rotatable bonds is 12. The summed E-state index contributed by atoms with van der Waals surface area (Å²) in [4.78, 5) is 82.0. The molecule has 2 saturated carbocycles. The van der Waals surface area contributed by atoms with Crippen LogP contribution in [0.3, 0.4) is 0 Å². The maximum atomic E-state index is 13.6. The molecule has 0 radical (unpaired) electrons. The van der Waals surface area contributed by atoms with Crippen LogP contribution in [0.5, 0.6) is 5.75 Å². The molecule has 4 fully saturated rings. The van der Waals surface area contributed by atoms with Gasteiger partial charge in [-0.3, -0.25) is 29.3 Å². The van der Waals surface area contributed by atoms with Crippen molar-refractivity contribution in [2.45, 2.75) is 127 Å². The number of benzene rings is 2. The number of nitrogens with zero attached hydrogens (tertiary/aromatic N) is 6. The van der Waals surface area contributed by atoms with Gasteiger partial charge in [-0.15, -0.1) is 0 Å². The number of carbonyl (C=O) groups excluding carboxylic acids is 5. The smallest absolute Gasteiger partial charge is 0.255 e. The van der Waals surface area contributed by atoms with Crippen LogP contribution in [0.4, 0.5) is 28.8 Å². The van der Waals surface area contributed by atoms with E-state index in [0.717, 1.165) is 101 Å². The lowest BCUT2D eigenvalue weighted by atomic mass is 9.87. The number of ether oxygens (including phenoxy) is 1. The number of hydrogen-bond acceptors (Lipinski definition) is 12. The molecule has 334 valence electrons. The summed E-state index contributed by atoms with van der Waals surface area (Å²) in [6, 6.07) is 11.1. The second-order valence-electron chi connectivity index (χ2n) is 18.2. The Balaban J connectivity index is 0.745. The van der Waals surface area contributed by atoms with E-state index in [-0.39, 0.29) is 48.2 Å². The highest BCUT2D eigenvalue weighted by Crippen LogP contribution is 2.41. The first-order valence-corrected chi connectivity index (χ1v) is 23.0. The van der Waals surface area contributed by atoms with Crippen molar-refractivity contribution in [3.8, 4) is 5.75 Å². The van der Waals surface area contributed by atoms with Gasteiger partial charge in [0.1, 0.15) is 23.5 Å². The first-order valence-electron chi connectivity index (χ1n) is 23.0. The predicted octanol–water partition coefficient (Wildman–Crippen LogP) is 5.36. The molecule has 16 heteroatoms. The van der Waals surface area contributed by atoms with Crippen molar-refractivity contribution in [1.82, 2.24) is 30.4 Å². The average molecular weight is 861 g/mol. The van der Waals surface area contributed by atoms with E-state index >= 15 is 0 Å². The third-order valence-electron chi connectivity index (χ3n) is 14.5. The first kappa shape index (κ1) is 42.5. The normalized spacial score (nSPS) is 24.6. The van der Waals surface area contributed by atoms with Crippen molar-refractivity contribution in [2.24, 2.45) is 5.92 Å². The number of likely N-dealkylation sites (N-methyl/N-ethyl adjacent to an activating group) is 1. The number of likely N-dealkylation sites (tertiary alicyclic amines) is 1. The van der Waals surface area contributed by atoms with Crippen LogP contribution < -0.4 is 35.8 Å². The fourth-order valence-electron chi connectivity index (χ4n) is 10.9. The number of aromatic nitrogens is 2. The third kappa shape index (κ3) is 8.53. The minimum absolute atomic E-state index is 0.0736. The monoisotopic (exact) mass is 860 g/mol. The fraction of sp³-hybridized carbons (Fsp3) is 0.553. The Hall–Kier alpha value is -5.77. The number of imide groups is 1. The second-order valence-corrected chi connectivity index (χ2v) is 18.2. The lowest BCUT2D eigenvalue weighted by molar-refractivity contribution is -0.137. The van der Waals surface area contributed by atoms with Crippen molar-refractivity contribution in [3.05, 3.63) is 59.3 Å². The summed E-state index contributed by atoms with van der Waals surface area (Å²) in [6.45, 7) is 5.30. The minimum Gasteiger partial charge on any atom is -0.495 e. The van der Waals surface area contributed by atoms with Gasteiger partial charge >= 0.3 is 0 Å². The van der Waals surface area contributed by atoms with E-state index in [1.54, 1.807) is 42.3 Å². The Bertz CT molecular complexity index is 2250. The number of methoxy groups -OCH3 is 1. The summed E-state index contributed by atoms with van der Waals surface area (Å²) in [7, 11) is 3.38. The van der Waals surface area contributed by atoms with Crippen molar-refractivity contribution in [2.75, 3.05) is 54.2 Å². The zero-order chi connectivity index (χ0) is 43.8. The highest BCUT2D eigenvalue weighted by molar-refractivity contribution is 6.06. The van der Waals surface area contributed by atoms with Gasteiger partial charge < -0.3 is 40.3 Å². The number of carbonyl (C=O) groups is 5. The molecule has 4 aliphatic heterocycles. The largest absolute Gasteiger partial charge is 0.495 e. The molecular weight excluding hydrogens is 801 g/mol. The molecule has 0 bridgehead atoms. The zero-order valence-corrected chi connectivity index (χ0v) is 36.7. The van der Waals surface area contributed by atoms with Crippen LogP contribution in [-0.2, 0) is 20.9 Å². The van der Waals surface area contributed by atoms with Gasteiger partial charge in [-0.1, -0.05) is 25.8 Å². The van der Waals surface area contributed by atoms with E-state index in [0.29, 0.717) is 65.5 Å². The lowest BCUT2D eigenvalue weighted by Crippen LogP contribution is -2.55. The van der Waals surface area contributed by atoms with E-state index in [1.807, 2.05) is 24.3 Å². The van der Waals surface area contributed by atoms with E-state index < -0.39 is 11.9 Å². The van der Waals surface area contributed by atoms with Crippen LogP contribution in [0.25, 0.3) is 0 Å². The van der Waals surface area contributed by atoms with E-state index in [2.05, 4.69) is 43.0 Å². The number of fused-ring (bicyclic) bond motifs is 2. The van der Waals surface area contributed by atoms with Crippen LogP contribution in [-0.4, -0.2) is 113 Å². The molecular formula is C47H60N10O6. The Labute approximate surface area is 368 Å². The molecule has 2 saturated heterocycles. The predicted molar refractivity (Wildman–Crippen MR) is 239 cm³/mol. The topological polar surface area (TPSA) is 181 Å². The molecule has 2 aliphatic carbocycles. The van der Waals surface area contributed by atoms with Crippen molar-refractivity contribution < 1.29 is 28.7 Å². The van der Waals surface area contributed by atoms with Gasteiger partial charge in [0.25, 0.3) is 11.8 Å². The van der Waals surface area contributed by atoms with Gasteiger partial charge in [-0.25, -0.2) is 4.98 Å². The van der Waals surface area contributed by atoms with Crippen molar-refractivity contribution in [1.29, 1.82) is 0 Å². The Morgan fingerprint density at radius 3 is 2.43 bits per heavy atom. The van der Waals surface area contributed by atoms with Gasteiger partial charge in [0, 0.05) is 67.1 Å². The van der Waals surface area contributed by atoms with Gasteiger partial charge in [0.2, 0.25) is 23.7 Å². The third-order valence-corrected chi connectivity index (χ3v) is 14.5. The van der Waals surface area contributed by atoms with E-state index in [9.17, 15) is 24.0 Å². The maximum absolute atomic E-state index is 13.6. The zero-order valence-electron chi connectivity index (χ0n) is 36.7. The number of nitrogens with one attached hydrogen (secondary N) is 4. The first-order chi connectivity index (χ1) is 30.6. The van der Waals surface area contributed by atoms with Crippen LogP contribution in [0.1, 0.15) is 117 Å². The van der Waals surface area contributed by atoms with Crippen molar-refractivity contribution >= 4 is 58.4 Å². The molecule has 2 atom stereocenters. The average Bonchev–Trinajstić information content (AvgIpc) is 3.96. The molecule has 9 rings (SSSR count). The molecule has 3 aromatic rings. The molecule has 4 N–H and O–H groups in total. The van der Waals surface area contributed by atoms with Gasteiger partial charge in [-0.2, -0.15) is 4.98 Å². The highest BCUT2D eigenvalue weighted by Gasteiger charge is 2.42. The summed E-state index contributed by atoms with van der Waals surface area (Å²) in [6.07, 6.45) is 13.5. The summed E-state index contributed by atoms with van der Waals surface area (Å²) in [5.74, 6) is 1.30. The molecule has 2 aromatic carbocycles. The van der Waals surface area contributed by atoms with Gasteiger partial charge in [-0.05, 0) is 114 Å². The quantitative estimate of drug-likeness (QED) is 0.172. The molecule has 1 aromatic heterocycles. The van der Waals surface area contributed by atoms with Gasteiger partial charge in [0.05, 0.1) is 19.0 Å². The van der Waals surface area contributed by atoms with Gasteiger partial charge in [0.15, 0.2) is 5.82 Å². The number of hydrogen-bond donors (Lipinski definition) is 4. The number of anilines is 5. The number of amides is 5. The second kappa shape index (κ2) is 18.1. The standard InChI is InChI=1S/C47H60N10O6/c1-4-37-46(62)54(2)39-26-49-47(53-42(39)57(37)32-8-5-6-9-32)51-36-17-12-29(24-40(36)63-3)43(59)50-30-13-15-31(16-14-30)55-22-20-28(21-23-55)25-48-35-11-7-10-33-34(35)27-56(45(33)61)38-18-19-41(58)52-44(38)60/h7,10-12,17,24,26,28,30-32,37-38,48H,4-6,8-9,13-16,18-23,25,27H2,1-3H3,(H,50,59)(H,49,51,53)(H,52,58,60)/t30?,31?,37-,38?/m1/s1. The molecule has 16 nitrogen and oxygen atoms in total. The minimum atomic E-state index is -0.625. The van der Waals surface area contributed by atoms with E-state index in [1.165, 1.54) is 0 Å². The molecule has 5 heterocycles. The lowest BCUT2D eigenvalue weighted by Gasteiger charge is -2.43. The number of piperidine rings is 2. The van der Waals surface area contributed by atoms with Crippen molar-refractivity contribution in [3.63, 3.8) is 0 Å². The Kier molecular flexibility index (Phi) is 12.2. The van der Waals surface area contributed by atoms with Crippen LogP contribution in [0, 0.1) is 5.92 Å².